The van der Waals surface area contributed by atoms with Gasteiger partial charge in [-0.1, -0.05) is 49.4 Å². The molecule has 1 aliphatic carbocycles. The van der Waals surface area contributed by atoms with Gasteiger partial charge < -0.3 is 9.88 Å². The van der Waals surface area contributed by atoms with Crippen LogP contribution in [0.15, 0.2) is 29.4 Å². The van der Waals surface area contributed by atoms with Gasteiger partial charge in [-0.3, -0.25) is 4.79 Å². The van der Waals surface area contributed by atoms with Crippen LogP contribution >= 0.6 is 23.1 Å². The van der Waals surface area contributed by atoms with Crippen molar-refractivity contribution in [2.24, 2.45) is 13.0 Å². The lowest BCUT2D eigenvalue weighted by Gasteiger charge is -2.20. The van der Waals surface area contributed by atoms with E-state index >= 15 is 0 Å². The standard InChI is InChI=1S/C23H25N5OS2/c1-4-15-9-10-17-18(12-24)22(31-19(17)11-15)25-20(29)13-30-23-27-26-21(28(23)3)16-8-6-5-7-14(16)2/h5-8,15H,4,9-11,13H2,1-3H3,(H,25,29). The van der Waals surface area contributed by atoms with Crippen LogP contribution in [-0.2, 0) is 24.7 Å². The summed E-state index contributed by atoms with van der Waals surface area (Å²) in [5.74, 6) is 1.54. The normalized spacial score (nSPS) is 15.4. The van der Waals surface area contributed by atoms with Crippen LogP contribution in [0.2, 0.25) is 0 Å². The highest BCUT2D eigenvalue weighted by atomic mass is 32.2. The van der Waals surface area contributed by atoms with Crippen LogP contribution < -0.4 is 5.32 Å². The van der Waals surface area contributed by atoms with E-state index in [1.807, 2.05) is 42.8 Å². The van der Waals surface area contributed by atoms with Gasteiger partial charge in [-0.05, 0) is 43.2 Å². The van der Waals surface area contributed by atoms with Gasteiger partial charge in [0.1, 0.15) is 11.1 Å². The van der Waals surface area contributed by atoms with E-state index in [4.69, 9.17) is 0 Å². The van der Waals surface area contributed by atoms with E-state index in [2.05, 4.69) is 28.5 Å². The molecule has 1 atom stereocenters. The second kappa shape index (κ2) is 9.25. The Bertz CT molecular complexity index is 1160. The van der Waals surface area contributed by atoms with Crippen molar-refractivity contribution in [3.63, 3.8) is 0 Å². The number of nitrogens with one attached hydrogen (secondary N) is 1. The molecule has 0 spiro atoms. The average Bonchev–Trinajstić information content (AvgIpc) is 3.31. The van der Waals surface area contributed by atoms with Gasteiger partial charge in [0.25, 0.3) is 0 Å². The van der Waals surface area contributed by atoms with E-state index in [1.54, 1.807) is 11.3 Å². The minimum atomic E-state index is -0.132. The van der Waals surface area contributed by atoms with Crippen molar-refractivity contribution >= 4 is 34.0 Å². The number of carbonyl (C=O) groups excluding carboxylic acids is 1. The van der Waals surface area contributed by atoms with E-state index in [9.17, 15) is 10.1 Å². The second-order valence-electron chi connectivity index (χ2n) is 7.85. The number of hydrogen-bond donors (Lipinski definition) is 1. The Labute approximate surface area is 190 Å². The predicted molar refractivity (Wildman–Crippen MR) is 125 cm³/mol. The molecule has 0 saturated carbocycles. The molecule has 0 fully saturated rings. The molecule has 1 N–H and O–H groups in total. The zero-order valence-electron chi connectivity index (χ0n) is 17.9. The number of thiophene rings is 1. The number of amides is 1. The summed E-state index contributed by atoms with van der Waals surface area (Å²) in [6, 6.07) is 10.4. The molecule has 31 heavy (non-hydrogen) atoms. The molecule has 3 aromatic rings. The lowest BCUT2D eigenvalue weighted by Crippen LogP contribution is -2.14. The number of thioether (sulfide) groups is 1. The first-order valence-electron chi connectivity index (χ1n) is 10.4. The lowest BCUT2D eigenvalue weighted by atomic mass is 9.86. The Morgan fingerprint density at radius 3 is 2.94 bits per heavy atom. The van der Waals surface area contributed by atoms with E-state index in [1.165, 1.54) is 16.6 Å². The fraction of sp³-hybridized carbons (Fsp3) is 0.391. The molecule has 2 aromatic heterocycles. The average molecular weight is 452 g/mol. The molecular formula is C23H25N5OS2. The summed E-state index contributed by atoms with van der Waals surface area (Å²) in [6.07, 6.45) is 4.21. The fourth-order valence-electron chi connectivity index (χ4n) is 4.00. The van der Waals surface area contributed by atoms with Crippen molar-refractivity contribution in [2.45, 2.75) is 44.7 Å². The van der Waals surface area contributed by atoms with E-state index in [0.29, 0.717) is 21.6 Å². The number of benzene rings is 1. The molecule has 8 heteroatoms. The summed E-state index contributed by atoms with van der Waals surface area (Å²) in [7, 11) is 1.91. The molecule has 1 unspecified atom stereocenters. The second-order valence-corrected chi connectivity index (χ2v) is 9.90. The minimum Gasteiger partial charge on any atom is -0.316 e. The van der Waals surface area contributed by atoms with Crippen LogP contribution in [0, 0.1) is 24.2 Å². The number of nitriles is 1. The molecule has 1 amide bonds. The van der Waals surface area contributed by atoms with Crippen molar-refractivity contribution in [2.75, 3.05) is 11.1 Å². The smallest absolute Gasteiger partial charge is 0.235 e. The SMILES string of the molecule is CCC1CCc2c(sc(NC(=O)CSc3nnc(-c4ccccc4C)n3C)c2C#N)C1. The third kappa shape index (κ3) is 4.39. The highest BCUT2D eigenvalue weighted by Crippen LogP contribution is 2.40. The number of aryl methyl sites for hydroxylation is 1. The predicted octanol–water partition coefficient (Wildman–Crippen LogP) is 4.97. The number of nitrogens with zero attached hydrogens (tertiary/aromatic N) is 4. The highest BCUT2D eigenvalue weighted by Gasteiger charge is 2.26. The monoisotopic (exact) mass is 451 g/mol. The maximum absolute atomic E-state index is 12.6. The Morgan fingerprint density at radius 2 is 2.19 bits per heavy atom. The minimum absolute atomic E-state index is 0.132. The van der Waals surface area contributed by atoms with E-state index < -0.39 is 0 Å². The Hall–Kier alpha value is -2.63. The topological polar surface area (TPSA) is 83.6 Å². The summed E-state index contributed by atoms with van der Waals surface area (Å²) >= 11 is 2.91. The van der Waals surface area contributed by atoms with Crippen LogP contribution in [0.3, 0.4) is 0 Å². The molecule has 1 aromatic carbocycles. The lowest BCUT2D eigenvalue weighted by molar-refractivity contribution is -0.113. The highest BCUT2D eigenvalue weighted by molar-refractivity contribution is 7.99. The van der Waals surface area contributed by atoms with Gasteiger partial charge in [0, 0.05) is 17.5 Å². The number of fused-ring (bicyclic) bond motifs is 1. The van der Waals surface area contributed by atoms with Crippen LogP contribution in [0.25, 0.3) is 11.4 Å². The summed E-state index contributed by atoms with van der Waals surface area (Å²) in [5.41, 5.74) is 3.94. The maximum atomic E-state index is 12.6. The Morgan fingerprint density at radius 1 is 1.39 bits per heavy atom. The molecule has 1 aliphatic rings. The summed E-state index contributed by atoms with van der Waals surface area (Å²) in [4.78, 5) is 13.9. The zero-order chi connectivity index (χ0) is 22.0. The van der Waals surface area contributed by atoms with Gasteiger partial charge in [0.2, 0.25) is 5.91 Å². The first-order chi connectivity index (χ1) is 15.0. The van der Waals surface area contributed by atoms with Crippen molar-refractivity contribution in [1.82, 2.24) is 14.8 Å². The summed E-state index contributed by atoms with van der Waals surface area (Å²) in [5, 5.41) is 22.6. The number of hydrogen-bond acceptors (Lipinski definition) is 6. The summed E-state index contributed by atoms with van der Waals surface area (Å²) < 4.78 is 1.91. The van der Waals surface area contributed by atoms with Crippen LogP contribution in [-0.4, -0.2) is 26.4 Å². The number of anilines is 1. The molecule has 160 valence electrons. The molecule has 0 bridgehead atoms. The molecule has 2 heterocycles. The fourth-order valence-corrected chi connectivity index (χ4v) is 6.04. The third-order valence-corrected chi connectivity index (χ3v) is 8.05. The third-order valence-electron chi connectivity index (χ3n) is 5.86. The molecule has 0 radical (unpaired) electrons. The van der Waals surface area contributed by atoms with Crippen molar-refractivity contribution in [1.29, 1.82) is 5.26 Å². The number of carbonyl (C=O) groups is 1. The van der Waals surface area contributed by atoms with Crippen LogP contribution in [0.5, 0.6) is 0 Å². The zero-order valence-corrected chi connectivity index (χ0v) is 19.6. The molecule has 0 aliphatic heterocycles. The Kier molecular flexibility index (Phi) is 6.44. The van der Waals surface area contributed by atoms with Gasteiger partial charge in [-0.15, -0.1) is 21.5 Å². The number of rotatable bonds is 6. The van der Waals surface area contributed by atoms with Gasteiger partial charge in [0.05, 0.1) is 11.3 Å². The van der Waals surface area contributed by atoms with Gasteiger partial charge in [0.15, 0.2) is 11.0 Å². The molecular weight excluding hydrogens is 426 g/mol. The first-order valence-corrected chi connectivity index (χ1v) is 12.2. The van der Waals surface area contributed by atoms with Crippen LogP contribution in [0.4, 0.5) is 5.00 Å². The molecule has 6 nitrogen and oxygen atoms in total. The first kappa shape index (κ1) is 21.6. The van der Waals surface area contributed by atoms with E-state index in [-0.39, 0.29) is 11.7 Å². The Balaban J connectivity index is 1.44. The number of aromatic nitrogens is 3. The quantitative estimate of drug-likeness (QED) is 0.535. The largest absolute Gasteiger partial charge is 0.316 e. The van der Waals surface area contributed by atoms with Crippen molar-refractivity contribution < 1.29 is 4.79 Å². The molecule has 0 saturated heterocycles. The van der Waals surface area contributed by atoms with Gasteiger partial charge in [-0.2, -0.15) is 5.26 Å². The van der Waals surface area contributed by atoms with Gasteiger partial charge >= 0.3 is 0 Å². The maximum Gasteiger partial charge on any atom is 0.235 e. The molecule has 4 rings (SSSR count). The van der Waals surface area contributed by atoms with Gasteiger partial charge in [-0.25, -0.2) is 0 Å². The van der Waals surface area contributed by atoms with Crippen LogP contribution in [0.1, 0.15) is 41.3 Å². The van der Waals surface area contributed by atoms with Crippen molar-refractivity contribution in [3.8, 4) is 17.5 Å². The van der Waals surface area contributed by atoms with Crippen molar-refractivity contribution in [3.05, 3.63) is 45.8 Å². The summed E-state index contributed by atoms with van der Waals surface area (Å²) in [6.45, 7) is 4.26. The van der Waals surface area contributed by atoms with E-state index in [0.717, 1.165) is 48.2 Å².